The third kappa shape index (κ3) is 2.89. The fraction of sp³-hybridized carbons (Fsp3) is 0.538. The average Bonchev–Trinajstić information content (AvgIpc) is 2.84. The number of rotatable bonds is 5. The Bertz CT molecular complexity index is 304. The van der Waals surface area contributed by atoms with Crippen LogP contribution in [-0.2, 0) is 0 Å². The molecule has 0 amide bonds. The van der Waals surface area contributed by atoms with E-state index in [1.165, 1.54) is 31.6 Å². The first-order valence-corrected chi connectivity index (χ1v) is 5.99. The highest BCUT2D eigenvalue weighted by Crippen LogP contribution is 2.22. The molecule has 16 heavy (non-hydrogen) atoms. The van der Waals surface area contributed by atoms with Crippen LogP contribution in [-0.4, -0.2) is 31.4 Å². The van der Waals surface area contributed by atoms with Crippen LogP contribution in [0.25, 0.3) is 0 Å². The number of hydrogen-bond acceptors (Lipinski definition) is 3. The third-order valence-corrected chi connectivity index (χ3v) is 2.88. The van der Waals surface area contributed by atoms with E-state index < -0.39 is 0 Å². The highest BCUT2D eigenvalue weighted by Gasteiger charge is 2.11. The molecule has 0 aromatic heterocycles. The van der Waals surface area contributed by atoms with Gasteiger partial charge in [-0.3, -0.25) is 0 Å². The van der Waals surface area contributed by atoms with Crippen molar-refractivity contribution in [3.05, 3.63) is 24.3 Å². The molecule has 0 saturated carbocycles. The summed E-state index contributed by atoms with van der Waals surface area (Å²) in [6.45, 7) is 3.11. The number of nitrogens with zero attached hydrogens (tertiary/aromatic N) is 1. The van der Waals surface area contributed by atoms with E-state index in [4.69, 9.17) is 9.84 Å². The van der Waals surface area contributed by atoms with Crippen molar-refractivity contribution in [3.63, 3.8) is 0 Å². The molecule has 1 aromatic rings. The van der Waals surface area contributed by atoms with Crippen molar-refractivity contribution < 1.29 is 9.84 Å². The molecular weight excluding hydrogens is 202 g/mol. The molecule has 1 saturated heterocycles. The summed E-state index contributed by atoms with van der Waals surface area (Å²) < 4.78 is 5.49. The molecule has 1 heterocycles. The van der Waals surface area contributed by atoms with Crippen LogP contribution in [0.1, 0.15) is 19.3 Å². The van der Waals surface area contributed by atoms with Crippen LogP contribution in [0.15, 0.2) is 24.3 Å². The van der Waals surface area contributed by atoms with Gasteiger partial charge in [0.15, 0.2) is 0 Å². The lowest BCUT2D eigenvalue weighted by Gasteiger charge is -2.17. The zero-order chi connectivity index (χ0) is 11.2. The van der Waals surface area contributed by atoms with Crippen molar-refractivity contribution >= 4 is 5.69 Å². The van der Waals surface area contributed by atoms with Crippen molar-refractivity contribution in [2.24, 2.45) is 0 Å². The predicted molar refractivity (Wildman–Crippen MR) is 65.1 cm³/mol. The standard InChI is InChI=1S/C13H19NO2/c15-10-3-11-16-13-6-4-12(5-7-13)14-8-1-2-9-14/h4-7,15H,1-3,8-11H2. The molecule has 0 aliphatic carbocycles. The number of aliphatic hydroxyl groups excluding tert-OH is 1. The minimum Gasteiger partial charge on any atom is -0.494 e. The Morgan fingerprint density at radius 1 is 1.12 bits per heavy atom. The van der Waals surface area contributed by atoms with Crippen LogP contribution in [0.5, 0.6) is 5.75 Å². The Morgan fingerprint density at radius 2 is 1.81 bits per heavy atom. The Balaban J connectivity index is 1.88. The first-order chi connectivity index (χ1) is 7.90. The van der Waals surface area contributed by atoms with Crippen molar-refractivity contribution in [1.29, 1.82) is 0 Å². The maximum absolute atomic E-state index is 8.65. The summed E-state index contributed by atoms with van der Waals surface area (Å²) in [4.78, 5) is 2.40. The SMILES string of the molecule is OCCCOc1ccc(N2CCCC2)cc1. The van der Waals surface area contributed by atoms with E-state index in [9.17, 15) is 0 Å². The van der Waals surface area contributed by atoms with E-state index in [2.05, 4.69) is 17.0 Å². The molecule has 88 valence electrons. The molecule has 3 nitrogen and oxygen atoms in total. The first-order valence-electron chi connectivity index (χ1n) is 5.99. The molecule has 0 radical (unpaired) electrons. The van der Waals surface area contributed by atoms with Crippen LogP contribution >= 0.6 is 0 Å². The lowest BCUT2D eigenvalue weighted by Crippen LogP contribution is -2.17. The van der Waals surface area contributed by atoms with Crippen molar-refractivity contribution in [2.75, 3.05) is 31.2 Å². The highest BCUT2D eigenvalue weighted by atomic mass is 16.5. The van der Waals surface area contributed by atoms with Gasteiger partial charge in [-0.05, 0) is 37.1 Å². The molecular formula is C13H19NO2. The minimum atomic E-state index is 0.186. The van der Waals surface area contributed by atoms with Gasteiger partial charge >= 0.3 is 0 Å². The Kier molecular flexibility index (Phi) is 4.05. The van der Waals surface area contributed by atoms with Crippen LogP contribution in [0.4, 0.5) is 5.69 Å². The fourth-order valence-corrected chi connectivity index (χ4v) is 1.98. The molecule has 1 aliphatic heterocycles. The second-order valence-electron chi connectivity index (χ2n) is 4.11. The molecule has 3 heteroatoms. The molecule has 0 bridgehead atoms. The number of ether oxygens (including phenoxy) is 1. The van der Waals surface area contributed by atoms with Gasteiger partial charge in [0, 0.05) is 31.8 Å². The summed E-state index contributed by atoms with van der Waals surface area (Å²) in [5.74, 6) is 0.886. The summed E-state index contributed by atoms with van der Waals surface area (Å²) in [6.07, 6.45) is 3.29. The summed E-state index contributed by atoms with van der Waals surface area (Å²) in [5, 5.41) is 8.65. The lowest BCUT2D eigenvalue weighted by molar-refractivity contribution is 0.233. The molecule has 1 aliphatic rings. The molecule has 0 spiro atoms. The quantitative estimate of drug-likeness (QED) is 0.772. The summed E-state index contributed by atoms with van der Waals surface area (Å²) in [6, 6.07) is 8.23. The second kappa shape index (κ2) is 5.75. The number of anilines is 1. The second-order valence-corrected chi connectivity index (χ2v) is 4.11. The topological polar surface area (TPSA) is 32.7 Å². The van der Waals surface area contributed by atoms with Crippen molar-refractivity contribution in [3.8, 4) is 5.75 Å². The van der Waals surface area contributed by atoms with Gasteiger partial charge in [-0.25, -0.2) is 0 Å². The zero-order valence-electron chi connectivity index (χ0n) is 9.56. The average molecular weight is 221 g/mol. The van der Waals surface area contributed by atoms with Gasteiger partial charge in [-0.1, -0.05) is 0 Å². The van der Waals surface area contributed by atoms with Gasteiger partial charge < -0.3 is 14.7 Å². The Morgan fingerprint density at radius 3 is 2.44 bits per heavy atom. The van der Waals surface area contributed by atoms with E-state index in [1.54, 1.807) is 0 Å². The monoisotopic (exact) mass is 221 g/mol. The maximum atomic E-state index is 8.65. The highest BCUT2D eigenvalue weighted by molar-refractivity contribution is 5.49. The molecule has 0 unspecified atom stereocenters. The third-order valence-electron chi connectivity index (χ3n) is 2.88. The van der Waals surface area contributed by atoms with E-state index in [0.29, 0.717) is 13.0 Å². The smallest absolute Gasteiger partial charge is 0.119 e. The fourth-order valence-electron chi connectivity index (χ4n) is 1.98. The van der Waals surface area contributed by atoms with E-state index in [0.717, 1.165) is 5.75 Å². The van der Waals surface area contributed by atoms with Gasteiger partial charge in [-0.2, -0.15) is 0 Å². The first kappa shape index (κ1) is 11.3. The zero-order valence-corrected chi connectivity index (χ0v) is 9.56. The molecule has 1 fully saturated rings. The Hall–Kier alpha value is -1.22. The van der Waals surface area contributed by atoms with Crippen molar-refractivity contribution in [1.82, 2.24) is 0 Å². The Labute approximate surface area is 96.6 Å². The molecule has 0 atom stereocenters. The van der Waals surface area contributed by atoms with Gasteiger partial charge in [0.1, 0.15) is 5.75 Å². The number of aliphatic hydroxyl groups is 1. The minimum absolute atomic E-state index is 0.186. The van der Waals surface area contributed by atoms with E-state index in [-0.39, 0.29) is 6.61 Å². The van der Waals surface area contributed by atoms with Gasteiger partial charge in [0.05, 0.1) is 6.61 Å². The summed E-state index contributed by atoms with van der Waals surface area (Å²) >= 11 is 0. The predicted octanol–water partition coefficient (Wildman–Crippen LogP) is 2.05. The van der Waals surface area contributed by atoms with Crippen LogP contribution in [0.2, 0.25) is 0 Å². The molecule has 1 aromatic carbocycles. The number of benzene rings is 1. The lowest BCUT2D eigenvalue weighted by atomic mass is 10.3. The van der Waals surface area contributed by atoms with Crippen LogP contribution in [0.3, 0.4) is 0 Å². The van der Waals surface area contributed by atoms with Gasteiger partial charge in [-0.15, -0.1) is 0 Å². The molecule has 2 rings (SSSR count). The van der Waals surface area contributed by atoms with Crippen molar-refractivity contribution in [2.45, 2.75) is 19.3 Å². The van der Waals surface area contributed by atoms with E-state index in [1.807, 2.05) is 12.1 Å². The van der Waals surface area contributed by atoms with Gasteiger partial charge in [0.2, 0.25) is 0 Å². The van der Waals surface area contributed by atoms with E-state index >= 15 is 0 Å². The normalized spacial score (nSPS) is 15.4. The number of hydrogen-bond donors (Lipinski definition) is 1. The maximum Gasteiger partial charge on any atom is 0.119 e. The van der Waals surface area contributed by atoms with Gasteiger partial charge in [0.25, 0.3) is 0 Å². The molecule has 1 N–H and O–H groups in total. The summed E-state index contributed by atoms with van der Waals surface area (Å²) in [5.41, 5.74) is 1.28. The van der Waals surface area contributed by atoms with Crippen LogP contribution < -0.4 is 9.64 Å². The van der Waals surface area contributed by atoms with Crippen LogP contribution in [0, 0.1) is 0 Å². The summed E-state index contributed by atoms with van der Waals surface area (Å²) in [7, 11) is 0. The largest absolute Gasteiger partial charge is 0.494 e.